The topological polar surface area (TPSA) is 0 Å². The highest BCUT2D eigenvalue weighted by atomic mass is 79.9. The molecule has 0 saturated heterocycles. The Balaban J connectivity index is 1.63. The fourth-order valence-electron chi connectivity index (χ4n) is 4.68. The Morgan fingerprint density at radius 2 is 1.69 bits per heavy atom. The molecule has 2 unspecified atom stereocenters. The van der Waals surface area contributed by atoms with Crippen LogP contribution in [0.5, 0.6) is 0 Å². The molecule has 0 spiro atoms. The minimum atomic E-state index is 0.508. The van der Waals surface area contributed by atoms with Crippen LogP contribution in [0.4, 0.5) is 0 Å². The molecule has 2 atom stereocenters. The highest BCUT2D eigenvalue weighted by Gasteiger charge is 2.28. The summed E-state index contributed by atoms with van der Waals surface area (Å²) in [5.74, 6) is 1.10. The minimum Gasteiger partial charge on any atom is -0.0761 e. The van der Waals surface area contributed by atoms with Crippen molar-refractivity contribution in [3.63, 3.8) is 0 Å². The van der Waals surface area contributed by atoms with Crippen molar-refractivity contribution in [2.75, 3.05) is 0 Å². The second-order valence-corrected chi connectivity index (χ2v) is 8.41. The summed E-state index contributed by atoms with van der Waals surface area (Å²) in [6, 6.07) is 22.1. The lowest BCUT2D eigenvalue weighted by molar-refractivity contribution is 0.614. The average molecular weight is 401 g/mol. The molecule has 0 bridgehead atoms. The molecule has 0 aromatic heterocycles. The fourth-order valence-corrected chi connectivity index (χ4v) is 5.17. The predicted octanol–water partition coefficient (Wildman–Crippen LogP) is 7.29. The number of fused-ring (bicyclic) bond motifs is 4. The number of allylic oxidation sites excluding steroid dienone is 4. The molecule has 2 aliphatic rings. The van der Waals surface area contributed by atoms with Gasteiger partial charge in [-0.15, -0.1) is 0 Å². The molecule has 0 aliphatic heterocycles. The van der Waals surface area contributed by atoms with Crippen LogP contribution in [0.1, 0.15) is 36.0 Å². The summed E-state index contributed by atoms with van der Waals surface area (Å²) in [5.41, 5.74) is 7.47. The van der Waals surface area contributed by atoms with E-state index in [1.54, 1.807) is 5.57 Å². The van der Waals surface area contributed by atoms with Gasteiger partial charge in [0.2, 0.25) is 0 Å². The third-order valence-corrected chi connectivity index (χ3v) is 6.72. The highest BCUT2D eigenvalue weighted by molar-refractivity contribution is 9.10. The standard InChI is InChI=1S/C25H21Br/c1-16-14-24-19-8-5-9-25(26)22(19)13-12-21(24)20-11-10-18(15-23(16)20)17-6-3-2-4-7-17/h2-13,16,18H,14-15H2,1H3. The second-order valence-electron chi connectivity index (χ2n) is 7.55. The normalized spacial score (nSPS) is 21.6. The molecule has 3 aromatic carbocycles. The summed E-state index contributed by atoms with van der Waals surface area (Å²) in [6.07, 6.45) is 7.07. The molecule has 3 aromatic rings. The van der Waals surface area contributed by atoms with Crippen molar-refractivity contribution in [1.82, 2.24) is 0 Å². The van der Waals surface area contributed by atoms with Crippen molar-refractivity contribution in [2.24, 2.45) is 5.92 Å². The summed E-state index contributed by atoms with van der Waals surface area (Å²) in [5, 5.41) is 2.72. The van der Waals surface area contributed by atoms with Crippen LogP contribution in [-0.2, 0) is 6.42 Å². The van der Waals surface area contributed by atoms with Gasteiger partial charge >= 0.3 is 0 Å². The first-order chi connectivity index (χ1) is 12.7. The van der Waals surface area contributed by atoms with Gasteiger partial charge in [0.05, 0.1) is 0 Å². The summed E-state index contributed by atoms with van der Waals surface area (Å²) in [6.45, 7) is 2.40. The summed E-state index contributed by atoms with van der Waals surface area (Å²) >= 11 is 3.72. The van der Waals surface area contributed by atoms with E-state index in [0.29, 0.717) is 11.8 Å². The first-order valence-corrected chi connectivity index (χ1v) is 10.2. The third kappa shape index (κ3) is 2.49. The maximum absolute atomic E-state index is 3.72. The highest BCUT2D eigenvalue weighted by Crippen LogP contribution is 2.46. The van der Waals surface area contributed by atoms with E-state index < -0.39 is 0 Å². The van der Waals surface area contributed by atoms with Crippen LogP contribution in [0.3, 0.4) is 0 Å². The first kappa shape index (κ1) is 16.1. The van der Waals surface area contributed by atoms with Gasteiger partial charge in [-0.3, -0.25) is 0 Å². The van der Waals surface area contributed by atoms with E-state index in [1.165, 1.54) is 37.5 Å². The Kier molecular flexibility index (Phi) is 3.86. The van der Waals surface area contributed by atoms with Gasteiger partial charge in [0.15, 0.2) is 0 Å². The molecular weight excluding hydrogens is 380 g/mol. The maximum Gasteiger partial charge on any atom is 0.0253 e. The molecule has 2 aliphatic carbocycles. The van der Waals surface area contributed by atoms with E-state index >= 15 is 0 Å². The van der Waals surface area contributed by atoms with Crippen LogP contribution in [0, 0.1) is 5.92 Å². The number of benzene rings is 3. The molecule has 128 valence electrons. The molecule has 0 amide bonds. The van der Waals surface area contributed by atoms with E-state index in [2.05, 4.69) is 95.7 Å². The number of rotatable bonds is 1. The molecule has 1 heteroatoms. The number of hydrogen-bond donors (Lipinski definition) is 0. The first-order valence-electron chi connectivity index (χ1n) is 9.39. The molecule has 0 N–H and O–H groups in total. The Morgan fingerprint density at radius 1 is 0.846 bits per heavy atom. The fraction of sp³-hybridized carbons (Fsp3) is 0.200. The van der Waals surface area contributed by atoms with Gasteiger partial charge in [0, 0.05) is 10.4 Å². The third-order valence-electron chi connectivity index (χ3n) is 6.02. The average Bonchev–Trinajstić information content (AvgIpc) is 2.69. The lowest BCUT2D eigenvalue weighted by Gasteiger charge is -2.33. The maximum atomic E-state index is 3.72. The van der Waals surface area contributed by atoms with Crippen molar-refractivity contribution in [3.05, 3.63) is 99.6 Å². The monoisotopic (exact) mass is 400 g/mol. The summed E-state index contributed by atoms with van der Waals surface area (Å²) < 4.78 is 1.19. The molecule has 5 rings (SSSR count). The Labute approximate surface area is 163 Å². The van der Waals surface area contributed by atoms with Crippen molar-refractivity contribution >= 4 is 32.3 Å². The van der Waals surface area contributed by atoms with E-state index in [9.17, 15) is 0 Å². The van der Waals surface area contributed by atoms with Crippen LogP contribution in [0.15, 0.2) is 82.9 Å². The largest absolute Gasteiger partial charge is 0.0761 e. The van der Waals surface area contributed by atoms with Crippen molar-refractivity contribution in [2.45, 2.75) is 25.7 Å². The SMILES string of the molecule is CC1Cc2c(ccc3c(Br)cccc23)C2=C1CC(c1ccccc1)C=C2. The Hall–Kier alpha value is -2.12. The zero-order valence-corrected chi connectivity index (χ0v) is 16.5. The van der Waals surface area contributed by atoms with Gasteiger partial charge in [-0.05, 0) is 57.9 Å². The van der Waals surface area contributed by atoms with Crippen LogP contribution < -0.4 is 0 Å². The smallest absolute Gasteiger partial charge is 0.0253 e. The molecule has 26 heavy (non-hydrogen) atoms. The van der Waals surface area contributed by atoms with Gasteiger partial charge < -0.3 is 0 Å². The zero-order valence-electron chi connectivity index (χ0n) is 14.9. The van der Waals surface area contributed by atoms with E-state index in [0.717, 1.165) is 12.8 Å². The second kappa shape index (κ2) is 6.25. The predicted molar refractivity (Wildman–Crippen MR) is 114 cm³/mol. The molecule has 0 nitrogen and oxygen atoms in total. The van der Waals surface area contributed by atoms with Gasteiger partial charge in [0.1, 0.15) is 0 Å². The van der Waals surface area contributed by atoms with Crippen LogP contribution in [0.2, 0.25) is 0 Å². The van der Waals surface area contributed by atoms with Gasteiger partial charge in [0.25, 0.3) is 0 Å². The lowest BCUT2D eigenvalue weighted by Crippen LogP contribution is -2.18. The number of hydrogen-bond acceptors (Lipinski definition) is 0. The minimum absolute atomic E-state index is 0.508. The van der Waals surface area contributed by atoms with Crippen LogP contribution in [0.25, 0.3) is 16.3 Å². The van der Waals surface area contributed by atoms with Gasteiger partial charge in [-0.25, -0.2) is 0 Å². The van der Waals surface area contributed by atoms with Crippen molar-refractivity contribution in [1.29, 1.82) is 0 Å². The van der Waals surface area contributed by atoms with E-state index in [-0.39, 0.29) is 0 Å². The summed E-state index contributed by atoms with van der Waals surface area (Å²) in [7, 11) is 0. The van der Waals surface area contributed by atoms with Crippen molar-refractivity contribution in [3.8, 4) is 0 Å². The molecule has 0 heterocycles. The van der Waals surface area contributed by atoms with Crippen LogP contribution >= 0.6 is 15.9 Å². The number of halogens is 1. The molecular formula is C25H21Br. The quantitative estimate of drug-likeness (QED) is 0.402. The van der Waals surface area contributed by atoms with Crippen molar-refractivity contribution < 1.29 is 0 Å². The van der Waals surface area contributed by atoms with Crippen LogP contribution in [-0.4, -0.2) is 0 Å². The lowest BCUT2D eigenvalue weighted by atomic mass is 9.71. The Morgan fingerprint density at radius 3 is 2.54 bits per heavy atom. The van der Waals surface area contributed by atoms with E-state index in [4.69, 9.17) is 0 Å². The van der Waals surface area contributed by atoms with Gasteiger partial charge in [-0.1, -0.05) is 95.2 Å². The molecule has 0 fully saturated rings. The van der Waals surface area contributed by atoms with E-state index in [1.807, 2.05) is 0 Å². The molecule has 0 radical (unpaired) electrons. The molecule has 0 saturated carbocycles. The zero-order chi connectivity index (χ0) is 17.7. The summed E-state index contributed by atoms with van der Waals surface area (Å²) in [4.78, 5) is 0. The Bertz CT molecular complexity index is 1060. The van der Waals surface area contributed by atoms with Gasteiger partial charge in [-0.2, -0.15) is 0 Å².